The first kappa shape index (κ1) is 16.0. The Hall–Kier alpha value is -2.50. The van der Waals surface area contributed by atoms with E-state index in [-0.39, 0.29) is 17.7 Å². The molecule has 6 nitrogen and oxygen atoms in total. The van der Waals surface area contributed by atoms with E-state index in [0.717, 1.165) is 6.42 Å². The van der Waals surface area contributed by atoms with E-state index in [1.165, 1.54) is 7.11 Å². The Balaban J connectivity index is 1.63. The van der Waals surface area contributed by atoms with E-state index < -0.39 is 17.8 Å². The Morgan fingerprint density at radius 3 is 2.36 bits per heavy atom. The van der Waals surface area contributed by atoms with Gasteiger partial charge in [-0.25, -0.2) is 0 Å². The summed E-state index contributed by atoms with van der Waals surface area (Å²) in [7, 11) is 3.07. The highest BCUT2D eigenvalue weighted by Crippen LogP contribution is 2.63. The quantitative estimate of drug-likeness (QED) is 0.802. The Kier molecular flexibility index (Phi) is 3.71. The van der Waals surface area contributed by atoms with E-state index >= 15 is 0 Å². The molecule has 2 saturated carbocycles. The standard InChI is InChI=1S/C19H21NO5/c1-24-9-3-6-15(25-2)14(7-9)20-18(21)16-10-4-5-11(13-8-12(10)13)17(16)19(22)23/h3-7,10-13,16-17H,8H2,1-2H3,(H,20,21)(H,22,23)/t10-,11-,12+,13-,16+,17-/m0/s1. The molecule has 6 heteroatoms. The van der Waals surface area contributed by atoms with E-state index in [0.29, 0.717) is 29.0 Å². The van der Waals surface area contributed by atoms with Crippen molar-refractivity contribution in [1.82, 2.24) is 0 Å². The lowest BCUT2D eigenvalue weighted by Gasteiger charge is -2.41. The summed E-state index contributed by atoms with van der Waals surface area (Å²) < 4.78 is 10.5. The smallest absolute Gasteiger partial charge is 0.307 e. The van der Waals surface area contributed by atoms with Crippen LogP contribution in [0.15, 0.2) is 30.4 Å². The Labute approximate surface area is 145 Å². The number of carbonyl (C=O) groups excluding carboxylic acids is 1. The first-order valence-corrected chi connectivity index (χ1v) is 8.49. The lowest BCUT2D eigenvalue weighted by Crippen LogP contribution is -2.48. The third-order valence-electron chi connectivity index (χ3n) is 5.90. The summed E-state index contributed by atoms with van der Waals surface area (Å²) in [5.74, 6) is -0.378. The monoisotopic (exact) mass is 343 g/mol. The Morgan fingerprint density at radius 1 is 1.08 bits per heavy atom. The van der Waals surface area contributed by atoms with Crippen LogP contribution in [0, 0.1) is 35.5 Å². The van der Waals surface area contributed by atoms with Crippen molar-refractivity contribution in [1.29, 1.82) is 0 Å². The lowest BCUT2D eigenvalue weighted by atomic mass is 9.62. The number of allylic oxidation sites excluding steroid dienone is 2. The van der Waals surface area contributed by atoms with Crippen molar-refractivity contribution in [3.05, 3.63) is 30.4 Å². The minimum absolute atomic E-state index is 0.00713. The van der Waals surface area contributed by atoms with Crippen LogP contribution >= 0.6 is 0 Å². The van der Waals surface area contributed by atoms with Crippen molar-refractivity contribution in [3.63, 3.8) is 0 Å². The van der Waals surface area contributed by atoms with Gasteiger partial charge in [0.2, 0.25) is 5.91 Å². The van der Waals surface area contributed by atoms with Gasteiger partial charge in [-0.2, -0.15) is 0 Å². The molecular formula is C19H21NO5. The van der Waals surface area contributed by atoms with Crippen LogP contribution in [0.3, 0.4) is 0 Å². The van der Waals surface area contributed by atoms with Gasteiger partial charge in [0.1, 0.15) is 11.5 Å². The molecule has 1 amide bonds. The normalized spacial score (nSPS) is 34.2. The van der Waals surface area contributed by atoms with E-state index in [9.17, 15) is 14.7 Å². The zero-order valence-electron chi connectivity index (χ0n) is 14.1. The van der Waals surface area contributed by atoms with Crippen LogP contribution in [0.25, 0.3) is 0 Å². The zero-order chi connectivity index (χ0) is 17.7. The number of carbonyl (C=O) groups is 2. The molecule has 25 heavy (non-hydrogen) atoms. The van der Waals surface area contributed by atoms with Crippen LogP contribution in [-0.2, 0) is 9.59 Å². The number of amides is 1. The van der Waals surface area contributed by atoms with Gasteiger partial charge >= 0.3 is 5.97 Å². The van der Waals surface area contributed by atoms with Crippen molar-refractivity contribution in [2.45, 2.75) is 6.42 Å². The molecule has 6 atom stereocenters. The Morgan fingerprint density at radius 2 is 1.76 bits per heavy atom. The van der Waals surface area contributed by atoms with Crippen LogP contribution in [0.4, 0.5) is 5.69 Å². The van der Waals surface area contributed by atoms with Gasteiger partial charge in [-0.3, -0.25) is 9.59 Å². The van der Waals surface area contributed by atoms with E-state index in [2.05, 4.69) is 5.32 Å². The molecule has 2 fully saturated rings. The summed E-state index contributed by atoms with van der Waals surface area (Å²) in [5.41, 5.74) is 0.494. The number of hydrogen-bond acceptors (Lipinski definition) is 4. The fourth-order valence-corrected chi connectivity index (χ4v) is 4.70. The summed E-state index contributed by atoms with van der Waals surface area (Å²) in [6.07, 6.45) is 5.08. The van der Waals surface area contributed by atoms with E-state index in [4.69, 9.17) is 9.47 Å². The Bertz CT molecular complexity index is 758. The number of nitrogens with one attached hydrogen (secondary N) is 1. The molecule has 132 valence electrons. The maximum absolute atomic E-state index is 13.0. The number of carboxylic acids is 1. The average molecular weight is 343 g/mol. The third kappa shape index (κ3) is 2.47. The minimum atomic E-state index is -0.887. The molecule has 0 saturated heterocycles. The number of fused-ring (bicyclic) bond motifs is 1. The number of rotatable bonds is 5. The highest BCUT2D eigenvalue weighted by Gasteiger charge is 2.63. The molecule has 0 aromatic heterocycles. The summed E-state index contributed by atoms with van der Waals surface area (Å²) >= 11 is 0. The van der Waals surface area contributed by atoms with Crippen molar-refractivity contribution >= 4 is 17.6 Å². The van der Waals surface area contributed by atoms with Gasteiger partial charge in [0.15, 0.2) is 0 Å². The van der Waals surface area contributed by atoms with E-state index in [1.807, 2.05) is 12.2 Å². The molecule has 1 aromatic rings. The molecule has 2 N–H and O–H groups in total. The van der Waals surface area contributed by atoms with Crippen molar-refractivity contribution in [2.24, 2.45) is 35.5 Å². The van der Waals surface area contributed by atoms with Crippen LogP contribution in [0.2, 0.25) is 0 Å². The molecule has 5 rings (SSSR count). The number of anilines is 1. The predicted molar refractivity (Wildman–Crippen MR) is 90.5 cm³/mol. The second-order valence-corrected chi connectivity index (χ2v) is 7.05. The number of benzene rings is 1. The van der Waals surface area contributed by atoms with Crippen molar-refractivity contribution in [3.8, 4) is 11.5 Å². The number of hydrogen-bond donors (Lipinski definition) is 2. The molecule has 0 radical (unpaired) electrons. The molecule has 0 spiro atoms. The first-order chi connectivity index (χ1) is 12.0. The molecule has 1 aromatic carbocycles. The van der Waals surface area contributed by atoms with Crippen LogP contribution in [0.5, 0.6) is 11.5 Å². The fourth-order valence-electron chi connectivity index (χ4n) is 4.70. The molecule has 0 aliphatic heterocycles. The summed E-state index contributed by atoms with van der Waals surface area (Å²) in [4.78, 5) is 24.8. The molecule has 2 bridgehead atoms. The largest absolute Gasteiger partial charge is 0.497 e. The summed E-state index contributed by atoms with van der Waals surface area (Å²) in [5, 5.41) is 12.6. The highest BCUT2D eigenvalue weighted by atomic mass is 16.5. The van der Waals surface area contributed by atoms with Gasteiger partial charge in [0.25, 0.3) is 0 Å². The van der Waals surface area contributed by atoms with Gasteiger partial charge in [-0.15, -0.1) is 0 Å². The predicted octanol–water partition coefficient (Wildman–Crippen LogP) is 2.41. The number of aliphatic carboxylic acids is 1. The molecule has 4 aliphatic carbocycles. The second-order valence-electron chi connectivity index (χ2n) is 7.05. The highest BCUT2D eigenvalue weighted by molar-refractivity contribution is 5.97. The number of carboxylic acid groups (broad SMARTS) is 1. The maximum atomic E-state index is 13.0. The van der Waals surface area contributed by atoms with Gasteiger partial charge in [0, 0.05) is 6.07 Å². The van der Waals surface area contributed by atoms with Crippen molar-refractivity contribution < 1.29 is 24.2 Å². The van der Waals surface area contributed by atoms with Gasteiger partial charge < -0.3 is 19.9 Å². The zero-order valence-corrected chi connectivity index (χ0v) is 14.1. The number of methoxy groups -OCH3 is 2. The van der Waals surface area contributed by atoms with Crippen molar-refractivity contribution in [2.75, 3.05) is 19.5 Å². The van der Waals surface area contributed by atoms with Crippen LogP contribution in [0.1, 0.15) is 6.42 Å². The second kappa shape index (κ2) is 5.79. The fraction of sp³-hybridized carbons (Fsp3) is 0.474. The van der Waals surface area contributed by atoms with Gasteiger partial charge in [-0.05, 0) is 42.2 Å². The maximum Gasteiger partial charge on any atom is 0.307 e. The topological polar surface area (TPSA) is 84.9 Å². The molecular weight excluding hydrogens is 322 g/mol. The molecule has 0 unspecified atom stereocenters. The first-order valence-electron chi connectivity index (χ1n) is 8.49. The SMILES string of the molecule is COc1ccc(OC)c(NC(=O)[C@@H]2[C@H]3C=C[C@@H]([C@@H]4C[C@H]34)[C@@H]2C(=O)O)c1. The summed E-state index contributed by atoms with van der Waals surface area (Å²) in [6.45, 7) is 0. The minimum Gasteiger partial charge on any atom is -0.497 e. The van der Waals surface area contributed by atoms with Crippen LogP contribution in [-0.4, -0.2) is 31.2 Å². The van der Waals surface area contributed by atoms with Gasteiger partial charge in [0.05, 0.1) is 31.7 Å². The molecule has 4 aliphatic rings. The third-order valence-corrected chi connectivity index (χ3v) is 5.90. The van der Waals surface area contributed by atoms with E-state index in [1.54, 1.807) is 25.3 Å². The lowest BCUT2D eigenvalue weighted by molar-refractivity contribution is -0.152. The summed E-state index contributed by atoms with van der Waals surface area (Å²) in [6, 6.07) is 5.14. The average Bonchev–Trinajstić information content (AvgIpc) is 3.43. The number of ether oxygens (including phenoxy) is 2. The molecule has 0 heterocycles. The van der Waals surface area contributed by atoms with Gasteiger partial charge in [-0.1, -0.05) is 12.2 Å². The van der Waals surface area contributed by atoms with Crippen LogP contribution < -0.4 is 14.8 Å².